The maximum Gasteiger partial charge on any atom is 0.321 e. The number of carbonyl (C=O) groups excluding carboxylic acids is 1. The molecule has 3 rings (SSSR count). The van der Waals surface area contributed by atoms with Crippen LogP contribution in [-0.4, -0.2) is 33.9 Å². The number of nitro groups is 1. The summed E-state index contributed by atoms with van der Waals surface area (Å²) in [6, 6.07) is 8.77. The molecule has 25 heavy (non-hydrogen) atoms. The van der Waals surface area contributed by atoms with E-state index in [-0.39, 0.29) is 17.6 Å². The van der Waals surface area contributed by atoms with Gasteiger partial charge in [0.2, 0.25) is 0 Å². The Morgan fingerprint density at radius 2 is 2.12 bits per heavy atom. The summed E-state index contributed by atoms with van der Waals surface area (Å²) in [5.74, 6) is 0.242. The van der Waals surface area contributed by atoms with Crippen LogP contribution in [0.5, 0.6) is 0 Å². The largest absolute Gasteiger partial charge is 0.324 e. The van der Waals surface area contributed by atoms with Crippen molar-refractivity contribution in [2.75, 3.05) is 18.4 Å². The molecule has 1 N–H and O–H groups in total. The first kappa shape index (κ1) is 16.9. The van der Waals surface area contributed by atoms with Gasteiger partial charge in [-0.15, -0.1) is 0 Å². The number of aromatic nitrogens is 1. The second-order valence-electron chi connectivity index (χ2n) is 6.33. The summed E-state index contributed by atoms with van der Waals surface area (Å²) in [7, 11) is 0. The van der Waals surface area contributed by atoms with E-state index in [0.29, 0.717) is 29.9 Å². The van der Waals surface area contributed by atoms with Crippen LogP contribution in [0.1, 0.15) is 29.2 Å². The van der Waals surface area contributed by atoms with E-state index in [9.17, 15) is 14.9 Å². The van der Waals surface area contributed by atoms with Crippen molar-refractivity contribution in [2.45, 2.75) is 26.2 Å². The number of carbonyl (C=O) groups is 1. The van der Waals surface area contributed by atoms with E-state index in [0.717, 1.165) is 12.1 Å². The van der Waals surface area contributed by atoms with Crippen molar-refractivity contribution in [2.24, 2.45) is 0 Å². The highest BCUT2D eigenvalue weighted by atomic mass is 16.6. The molecule has 1 aliphatic heterocycles. The molecule has 1 aromatic heterocycles. The Balaban J connectivity index is 1.69. The van der Waals surface area contributed by atoms with Gasteiger partial charge in [0.25, 0.3) is 5.69 Å². The Morgan fingerprint density at radius 3 is 2.80 bits per heavy atom. The summed E-state index contributed by atoms with van der Waals surface area (Å²) in [4.78, 5) is 29.2. The van der Waals surface area contributed by atoms with E-state index < -0.39 is 4.92 Å². The SMILES string of the molecule is Cc1cc([N+](=O)[O-])c(C)cc1NC(=O)N1CC[C@H](c2ccccn2)C1. The van der Waals surface area contributed by atoms with Crippen molar-refractivity contribution >= 4 is 17.4 Å². The first-order chi connectivity index (χ1) is 12.0. The molecule has 0 bridgehead atoms. The molecule has 2 amide bonds. The van der Waals surface area contributed by atoms with Crippen LogP contribution < -0.4 is 5.32 Å². The zero-order valence-electron chi connectivity index (χ0n) is 14.2. The first-order valence-corrected chi connectivity index (χ1v) is 8.18. The standard InChI is InChI=1S/C18H20N4O3/c1-12-10-17(22(24)25)13(2)9-16(12)20-18(23)21-8-6-14(11-21)15-5-3-4-7-19-15/h3-5,7,9-10,14H,6,8,11H2,1-2H3,(H,20,23)/t14-/m0/s1. The lowest BCUT2D eigenvalue weighted by Crippen LogP contribution is -2.33. The minimum atomic E-state index is -0.411. The molecule has 0 radical (unpaired) electrons. The minimum Gasteiger partial charge on any atom is -0.324 e. The molecule has 0 unspecified atom stereocenters. The number of amides is 2. The Bertz CT molecular complexity index is 807. The van der Waals surface area contributed by atoms with E-state index in [2.05, 4.69) is 10.3 Å². The highest BCUT2D eigenvalue weighted by Gasteiger charge is 2.28. The average molecular weight is 340 g/mol. The van der Waals surface area contributed by atoms with Gasteiger partial charge >= 0.3 is 6.03 Å². The van der Waals surface area contributed by atoms with Crippen LogP contribution in [0.4, 0.5) is 16.2 Å². The van der Waals surface area contributed by atoms with Crippen molar-refractivity contribution in [1.82, 2.24) is 9.88 Å². The Hall–Kier alpha value is -2.96. The molecule has 1 atom stereocenters. The minimum absolute atomic E-state index is 0.0619. The van der Waals surface area contributed by atoms with E-state index in [1.807, 2.05) is 18.2 Å². The third kappa shape index (κ3) is 3.60. The van der Waals surface area contributed by atoms with E-state index in [1.165, 1.54) is 6.07 Å². The van der Waals surface area contributed by atoms with Crippen LogP contribution in [0.2, 0.25) is 0 Å². The summed E-state index contributed by atoms with van der Waals surface area (Å²) in [5, 5.41) is 13.9. The zero-order valence-corrected chi connectivity index (χ0v) is 14.2. The van der Waals surface area contributed by atoms with Crippen molar-refractivity contribution in [3.8, 4) is 0 Å². The number of nitro benzene ring substituents is 1. The summed E-state index contributed by atoms with van der Waals surface area (Å²) in [5.41, 5.74) is 2.87. The van der Waals surface area contributed by atoms with Gasteiger partial charge in [0.15, 0.2) is 0 Å². The molecule has 1 aromatic carbocycles. The van der Waals surface area contributed by atoms with Crippen LogP contribution in [0, 0.1) is 24.0 Å². The lowest BCUT2D eigenvalue weighted by molar-refractivity contribution is -0.385. The topological polar surface area (TPSA) is 88.4 Å². The summed E-state index contributed by atoms with van der Waals surface area (Å²) < 4.78 is 0. The highest BCUT2D eigenvalue weighted by molar-refractivity contribution is 5.90. The molecule has 1 saturated heterocycles. The summed E-state index contributed by atoms with van der Waals surface area (Å²) in [6.45, 7) is 4.70. The summed E-state index contributed by atoms with van der Waals surface area (Å²) in [6.07, 6.45) is 2.64. The van der Waals surface area contributed by atoms with E-state index >= 15 is 0 Å². The third-order valence-electron chi connectivity index (χ3n) is 4.56. The number of nitrogens with zero attached hydrogens (tertiary/aromatic N) is 3. The molecule has 130 valence electrons. The molecule has 0 saturated carbocycles. The quantitative estimate of drug-likeness (QED) is 0.682. The lowest BCUT2D eigenvalue weighted by atomic mass is 10.0. The molecular formula is C18H20N4O3. The number of rotatable bonds is 3. The normalized spacial score (nSPS) is 16.7. The molecule has 1 aliphatic rings. The van der Waals surface area contributed by atoms with Gasteiger partial charge in [-0.2, -0.15) is 0 Å². The average Bonchev–Trinajstić information content (AvgIpc) is 3.08. The zero-order chi connectivity index (χ0) is 18.0. The van der Waals surface area contributed by atoms with Gasteiger partial charge in [-0.05, 0) is 44.0 Å². The number of likely N-dealkylation sites (tertiary alicyclic amines) is 1. The van der Waals surface area contributed by atoms with Gasteiger partial charge < -0.3 is 10.2 Å². The second-order valence-corrected chi connectivity index (χ2v) is 6.33. The highest BCUT2D eigenvalue weighted by Crippen LogP contribution is 2.28. The predicted molar refractivity (Wildman–Crippen MR) is 94.8 cm³/mol. The molecule has 2 aromatic rings. The number of benzene rings is 1. The Kier molecular flexibility index (Phi) is 4.65. The number of urea groups is 1. The lowest BCUT2D eigenvalue weighted by Gasteiger charge is -2.18. The second kappa shape index (κ2) is 6.88. The van der Waals surface area contributed by atoms with Gasteiger partial charge in [-0.3, -0.25) is 15.1 Å². The van der Waals surface area contributed by atoms with Crippen molar-refractivity contribution < 1.29 is 9.72 Å². The molecule has 2 heterocycles. The number of hydrogen-bond acceptors (Lipinski definition) is 4. The predicted octanol–water partition coefficient (Wildman–Crippen LogP) is 3.63. The molecular weight excluding hydrogens is 320 g/mol. The van der Waals surface area contributed by atoms with Gasteiger partial charge in [0.05, 0.1) is 4.92 Å². The number of pyridine rings is 1. The van der Waals surface area contributed by atoms with Crippen LogP contribution in [0.15, 0.2) is 36.5 Å². The van der Waals surface area contributed by atoms with Gasteiger partial charge in [-0.25, -0.2) is 4.79 Å². The number of nitrogens with one attached hydrogen (secondary N) is 1. The molecule has 7 heteroatoms. The molecule has 1 fully saturated rings. The molecule has 0 spiro atoms. The van der Waals surface area contributed by atoms with Gasteiger partial charge in [0, 0.05) is 48.2 Å². The van der Waals surface area contributed by atoms with Crippen molar-refractivity contribution in [3.05, 3.63) is 63.5 Å². The smallest absolute Gasteiger partial charge is 0.321 e. The number of aryl methyl sites for hydroxylation is 2. The van der Waals surface area contributed by atoms with Crippen LogP contribution in [-0.2, 0) is 0 Å². The Labute approximate surface area is 145 Å². The van der Waals surface area contributed by atoms with Gasteiger partial charge in [0.1, 0.15) is 0 Å². The monoisotopic (exact) mass is 340 g/mol. The van der Waals surface area contributed by atoms with Gasteiger partial charge in [-0.1, -0.05) is 6.07 Å². The maximum absolute atomic E-state index is 12.5. The first-order valence-electron chi connectivity index (χ1n) is 8.18. The fourth-order valence-electron chi connectivity index (χ4n) is 3.13. The number of hydrogen-bond donors (Lipinski definition) is 1. The third-order valence-corrected chi connectivity index (χ3v) is 4.56. The molecule has 7 nitrogen and oxygen atoms in total. The van der Waals surface area contributed by atoms with Crippen LogP contribution in [0.25, 0.3) is 0 Å². The fourth-order valence-corrected chi connectivity index (χ4v) is 3.13. The number of anilines is 1. The van der Waals surface area contributed by atoms with Crippen molar-refractivity contribution in [1.29, 1.82) is 0 Å². The van der Waals surface area contributed by atoms with Crippen LogP contribution in [0.3, 0.4) is 0 Å². The fraction of sp³-hybridized carbons (Fsp3) is 0.333. The maximum atomic E-state index is 12.5. The molecule has 0 aliphatic carbocycles. The van der Waals surface area contributed by atoms with E-state index in [4.69, 9.17) is 0 Å². The Morgan fingerprint density at radius 1 is 1.32 bits per heavy atom. The van der Waals surface area contributed by atoms with Crippen molar-refractivity contribution in [3.63, 3.8) is 0 Å². The van der Waals surface area contributed by atoms with Crippen LogP contribution >= 0.6 is 0 Å². The van der Waals surface area contributed by atoms with E-state index in [1.54, 1.807) is 31.0 Å². The summed E-state index contributed by atoms with van der Waals surface area (Å²) >= 11 is 0.